The summed E-state index contributed by atoms with van der Waals surface area (Å²) in [5.41, 5.74) is 1.73. The van der Waals surface area contributed by atoms with Gasteiger partial charge in [-0.3, -0.25) is 9.69 Å². The molecule has 2 aromatic rings. The van der Waals surface area contributed by atoms with Crippen LogP contribution in [0.15, 0.2) is 29.6 Å². The van der Waals surface area contributed by atoms with Crippen molar-refractivity contribution in [3.8, 4) is 5.75 Å². The normalized spacial score (nSPS) is 15.5. The second kappa shape index (κ2) is 7.54. The van der Waals surface area contributed by atoms with Gasteiger partial charge < -0.3 is 15.2 Å². The molecule has 2 N–H and O–H groups in total. The van der Waals surface area contributed by atoms with E-state index in [0.717, 1.165) is 44.1 Å². The number of hydrogen-bond donors (Lipinski definition) is 2. The molecule has 6 nitrogen and oxygen atoms in total. The molecule has 0 bridgehead atoms. The number of rotatable bonds is 5. The van der Waals surface area contributed by atoms with E-state index in [0.29, 0.717) is 5.13 Å². The Morgan fingerprint density at radius 2 is 2.22 bits per heavy atom. The highest BCUT2D eigenvalue weighted by atomic mass is 32.1. The molecule has 1 saturated heterocycles. The molecule has 0 unspecified atom stereocenters. The van der Waals surface area contributed by atoms with Crippen LogP contribution in [-0.2, 0) is 22.5 Å². The Morgan fingerprint density at radius 1 is 1.39 bits per heavy atom. The number of ether oxygens (including phenoxy) is 1. The molecular weight excluding hydrogens is 314 g/mol. The summed E-state index contributed by atoms with van der Waals surface area (Å²) in [6.07, 6.45) is 0.215. The van der Waals surface area contributed by atoms with Crippen LogP contribution in [0.1, 0.15) is 11.3 Å². The van der Waals surface area contributed by atoms with E-state index >= 15 is 0 Å². The Balaban J connectivity index is 1.52. The van der Waals surface area contributed by atoms with E-state index in [2.05, 4.69) is 15.2 Å². The Hall–Kier alpha value is -1.96. The summed E-state index contributed by atoms with van der Waals surface area (Å²) in [5, 5.41) is 14.8. The van der Waals surface area contributed by atoms with E-state index in [9.17, 15) is 9.90 Å². The molecule has 0 aliphatic carbocycles. The number of phenolic OH excluding ortho intramolecular Hbond substituents is 1. The molecule has 1 aliphatic heterocycles. The Morgan fingerprint density at radius 3 is 3.00 bits per heavy atom. The number of nitrogens with zero attached hydrogens (tertiary/aromatic N) is 2. The van der Waals surface area contributed by atoms with Crippen LogP contribution < -0.4 is 5.32 Å². The van der Waals surface area contributed by atoms with Crippen molar-refractivity contribution in [2.45, 2.75) is 13.0 Å². The number of carbonyl (C=O) groups is 1. The van der Waals surface area contributed by atoms with Gasteiger partial charge in [0.25, 0.3) is 0 Å². The highest BCUT2D eigenvalue weighted by molar-refractivity contribution is 7.13. The van der Waals surface area contributed by atoms with Crippen LogP contribution in [-0.4, -0.2) is 47.2 Å². The number of amides is 1. The zero-order valence-corrected chi connectivity index (χ0v) is 13.5. The summed E-state index contributed by atoms with van der Waals surface area (Å²) in [5.74, 6) is 0.0280. The largest absolute Gasteiger partial charge is 0.508 e. The summed E-state index contributed by atoms with van der Waals surface area (Å²) < 4.78 is 5.33. The molecule has 3 rings (SSSR count). The number of thiazole rings is 1. The van der Waals surface area contributed by atoms with Crippen LogP contribution in [0, 0.1) is 0 Å². The molecule has 2 heterocycles. The minimum absolute atomic E-state index is 0.136. The highest BCUT2D eigenvalue weighted by Gasteiger charge is 2.13. The molecule has 23 heavy (non-hydrogen) atoms. The van der Waals surface area contributed by atoms with Gasteiger partial charge in [-0.1, -0.05) is 12.1 Å². The van der Waals surface area contributed by atoms with Crippen molar-refractivity contribution in [3.63, 3.8) is 0 Å². The van der Waals surface area contributed by atoms with Crippen molar-refractivity contribution in [1.82, 2.24) is 9.88 Å². The van der Waals surface area contributed by atoms with Gasteiger partial charge in [0, 0.05) is 25.0 Å². The summed E-state index contributed by atoms with van der Waals surface area (Å²) in [7, 11) is 0. The number of aromatic hydroxyl groups is 1. The first kappa shape index (κ1) is 15.9. The Labute approximate surface area is 138 Å². The predicted octanol–water partition coefficient (Wildman–Crippen LogP) is 1.86. The molecule has 1 aromatic heterocycles. The third-order valence-electron chi connectivity index (χ3n) is 3.56. The van der Waals surface area contributed by atoms with E-state index in [4.69, 9.17) is 4.74 Å². The summed E-state index contributed by atoms with van der Waals surface area (Å²) in [4.78, 5) is 18.8. The molecule has 122 valence electrons. The topological polar surface area (TPSA) is 74.7 Å². The lowest BCUT2D eigenvalue weighted by atomic mass is 10.1. The van der Waals surface area contributed by atoms with Crippen LogP contribution in [0.25, 0.3) is 0 Å². The Kier molecular flexibility index (Phi) is 5.22. The molecular formula is C16H19N3O3S. The first-order chi connectivity index (χ1) is 11.2. The standard InChI is InChI=1S/C16H19N3O3S/c20-14-3-1-2-12(8-14)9-15(21)18-16-17-13(11-23-16)10-19-4-6-22-7-5-19/h1-3,8,11,20H,4-7,9-10H2,(H,17,18,21). The van der Waals surface area contributed by atoms with Gasteiger partial charge in [0.05, 0.1) is 25.3 Å². The molecule has 1 amide bonds. The first-order valence-electron chi connectivity index (χ1n) is 7.51. The minimum Gasteiger partial charge on any atom is -0.508 e. The number of phenols is 1. The molecule has 0 atom stereocenters. The molecule has 1 fully saturated rings. The number of carbonyl (C=O) groups excluding carboxylic acids is 1. The Bertz CT molecular complexity index is 668. The maximum absolute atomic E-state index is 12.0. The molecule has 1 aromatic carbocycles. The van der Waals surface area contributed by atoms with Crippen LogP contribution in [0.4, 0.5) is 5.13 Å². The van der Waals surface area contributed by atoms with Gasteiger partial charge in [0.15, 0.2) is 5.13 Å². The van der Waals surface area contributed by atoms with Gasteiger partial charge >= 0.3 is 0 Å². The first-order valence-corrected chi connectivity index (χ1v) is 8.39. The van der Waals surface area contributed by atoms with E-state index in [1.165, 1.54) is 11.3 Å². The number of nitrogens with one attached hydrogen (secondary N) is 1. The van der Waals surface area contributed by atoms with Gasteiger partial charge in [-0.05, 0) is 17.7 Å². The summed E-state index contributed by atoms with van der Waals surface area (Å²) in [6, 6.07) is 6.71. The SMILES string of the molecule is O=C(Cc1cccc(O)c1)Nc1nc(CN2CCOCC2)cs1. The minimum atomic E-state index is -0.136. The van der Waals surface area contributed by atoms with Crippen LogP contribution in [0.2, 0.25) is 0 Å². The number of morpholine rings is 1. The lowest BCUT2D eigenvalue weighted by molar-refractivity contribution is -0.115. The molecule has 1 aliphatic rings. The monoisotopic (exact) mass is 333 g/mol. The summed E-state index contributed by atoms with van der Waals surface area (Å²) >= 11 is 1.43. The maximum atomic E-state index is 12.0. The van der Waals surface area contributed by atoms with Gasteiger partial charge in [0.1, 0.15) is 5.75 Å². The lowest BCUT2D eigenvalue weighted by Gasteiger charge is -2.25. The van der Waals surface area contributed by atoms with Crippen molar-refractivity contribution in [3.05, 3.63) is 40.9 Å². The van der Waals surface area contributed by atoms with Crippen molar-refractivity contribution >= 4 is 22.4 Å². The van der Waals surface area contributed by atoms with E-state index in [1.54, 1.807) is 18.2 Å². The fraction of sp³-hybridized carbons (Fsp3) is 0.375. The summed E-state index contributed by atoms with van der Waals surface area (Å²) in [6.45, 7) is 4.13. The fourth-order valence-electron chi connectivity index (χ4n) is 2.44. The zero-order chi connectivity index (χ0) is 16.1. The predicted molar refractivity (Wildman–Crippen MR) is 88.7 cm³/mol. The third-order valence-corrected chi connectivity index (χ3v) is 4.37. The third kappa shape index (κ3) is 4.75. The van der Waals surface area contributed by atoms with E-state index in [1.807, 2.05) is 11.4 Å². The van der Waals surface area contributed by atoms with Crippen molar-refractivity contribution in [2.24, 2.45) is 0 Å². The van der Waals surface area contributed by atoms with Crippen LogP contribution >= 0.6 is 11.3 Å². The van der Waals surface area contributed by atoms with Crippen molar-refractivity contribution in [2.75, 3.05) is 31.6 Å². The lowest BCUT2D eigenvalue weighted by Crippen LogP contribution is -2.35. The van der Waals surface area contributed by atoms with Gasteiger partial charge in [0.2, 0.25) is 5.91 Å². The number of hydrogen-bond acceptors (Lipinski definition) is 6. The average Bonchev–Trinajstić information content (AvgIpc) is 2.95. The van der Waals surface area contributed by atoms with E-state index in [-0.39, 0.29) is 18.1 Å². The zero-order valence-electron chi connectivity index (χ0n) is 12.7. The van der Waals surface area contributed by atoms with Crippen molar-refractivity contribution in [1.29, 1.82) is 0 Å². The smallest absolute Gasteiger partial charge is 0.230 e. The van der Waals surface area contributed by atoms with Crippen LogP contribution in [0.5, 0.6) is 5.75 Å². The van der Waals surface area contributed by atoms with Crippen molar-refractivity contribution < 1.29 is 14.6 Å². The maximum Gasteiger partial charge on any atom is 0.230 e. The van der Waals surface area contributed by atoms with Crippen LogP contribution in [0.3, 0.4) is 0 Å². The quantitative estimate of drug-likeness (QED) is 0.874. The number of aromatic nitrogens is 1. The second-order valence-electron chi connectivity index (χ2n) is 5.43. The van der Waals surface area contributed by atoms with Gasteiger partial charge in [-0.25, -0.2) is 4.98 Å². The molecule has 0 radical (unpaired) electrons. The average molecular weight is 333 g/mol. The fourth-order valence-corrected chi connectivity index (χ4v) is 3.16. The molecule has 0 spiro atoms. The molecule has 0 saturated carbocycles. The number of benzene rings is 1. The van der Waals surface area contributed by atoms with E-state index < -0.39 is 0 Å². The second-order valence-corrected chi connectivity index (χ2v) is 6.29. The molecule has 7 heteroatoms. The number of anilines is 1. The van der Waals surface area contributed by atoms with Gasteiger partial charge in [-0.2, -0.15) is 0 Å². The highest BCUT2D eigenvalue weighted by Crippen LogP contribution is 2.18. The van der Waals surface area contributed by atoms with Gasteiger partial charge in [-0.15, -0.1) is 11.3 Å².